The van der Waals surface area contributed by atoms with Crippen LogP contribution in [0.5, 0.6) is 11.5 Å². The number of piperidine rings is 1. The molecular formula is C23H23N3O3. The number of nitrogens with zero attached hydrogens (tertiary/aromatic N) is 3. The van der Waals surface area contributed by atoms with Gasteiger partial charge in [-0.2, -0.15) is 5.26 Å². The summed E-state index contributed by atoms with van der Waals surface area (Å²) in [7, 11) is 0. The van der Waals surface area contributed by atoms with Gasteiger partial charge in [-0.15, -0.1) is 0 Å². The molecule has 1 saturated heterocycles. The average Bonchev–Trinajstić information content (AvgIpc) is 3.09. The van der Waals surface area contributed by atoms with E-state index in [4.69, 9.17) is 14.7 Å². The van der Waals surface area contributed by atoms with E-state index in [1.54, 1.807) is 12.1 Å². The van der Waals surface area contributed by atoms with Crippen LogP contribution in [0, 0.1) is 11.3 Å². The van der Waals surface area contributed by atoms with Crippen LogP contribution in [0.25, 0.3) is 0 Å². The van der Waals surface area contributed by atoms with Crippen LogP contribution >= 0.6 is 0 Å². The fourth-order valence-electron chi connectivity index (χ4n) is 4.60. The van der Waals surface area contributed by atoms with Gasteiger partial charge in [-0.3, -0.25) is 9.69 Å². The third-order valence-electron chi connectivity index (χ3n) is 6.02. The summed E-state index contributed by atoms with van der Waals surface area (Å²) < 4.78 is 12.0. The van der Waals surface area contributed by atoms with Crippen molar-refractivity contribution >= 4 is 5.91 Å². The second-order valence-corrected chi connectivity index (χ2v) is 7.97. The highest BCUT2D eigenvalue weighted by Crippen LogP contribution is 2.32. The summed E-state index contributed by atoms with van der Waals surface area (Å²) in [5.74, 6) is 1.69. The Morgan fingerprint density at radius 1 is 1.17 bits per heavy atom. The van der Waals surface area contributed by atoms with E-state index < -0.39 is 0 Å². The zero-order valence-corrected chi connectivity index (χ0v) is 16.2. The maximum absolute atomic E-state index is 12.9. The zero-order valence-electron chi connectivity index (χ0n) is 16.2. The predicted octanol–water partition coefficient (Wildman–Crippen LogP) is 2.82. The van der Waals surface area contributed by atoms with Gasteiger partial charge in [0.05, 0.1) is 11.6 Å². The second kappa shape index (κ2) is 7.41. The molecule has 2 aromatic carbocycles. The van der Waals surface area contributed by atoms with Gasteiger partial charge in [0, 0.05) is 31.2 Å². The van der Waals surface area contributed by atoms with E-state index >= 15 is 0 Å². The van der Waals surface area contributed by atoms with Crippen LogP contribution in [-0.2, 0) is 6.54 Å². The Labute approximate surface area is 170 Å². The molecule has 0 spiro atoms. The summed E-state index contributed by atoms with van der Waals surface area (Å²) in [4.78, 5) is 17.3. The highest BCUT2D eigenvalue weighted by molar-refractivity contribution is 5.98. The van der Waals surface area contributed by atoms with E-state index in [0.29, 0.717) is 18.7 Å². The number of carbonyl (C=O) groups is 1. The SMILES string of the molecule is N#Cc1ccc2c(c1)CN([C@H]1CCCN(C[C@H]3COc4ccccc4O3)C1)C2=O. The molecule has 0 saturated carbocycles. The first kappa shape index (κ1) is 18.0. The molecule has 0 N–H and O–H groups in total. The Balaban J connectivity index is 1.24. The molecule has 6 nitrogen and oxygen atoms in total. The Bertz CT molecular complexity index is 984. The van der Waals surface area contributed by atoms with Crippen LogP contribution < -0.4 is 9.47 Å². The number of hydrogen-bond donors (Lipinski definition) is 0. The molecule has 148 valence electrons. The fraction of sp³-hybridized carbons (Fsp3) is 0.391. The van der Waals surface area contributed by atoms with Gasteiger partial charge in [0.1, 0.15) is 12.7 Å². The summed E-state index contributed by atoms with van der Waals surface area (Å²) in [6, 6.07) is 15.5. The first-order valence-electron chi connectivity index (χ1n) is 10.2. The van der Waals surface area contributed by atoms with E-state index in [1.807, 2.05) is 35.2 Å². The number of rotatable bonds is 3. The first-order chi connectivity index (χ1) is 14.2. The van der Waals surface area contributed by atoms with Gasteiger partial charge in [-0.05, 0) is 55.3 Å². The molecule has 0 unspecified atom stereocenters. The normalized spacial score (nSPS) is 23.6. The largest absolute Gasteiger partial charge is 0.486 e. The van der Waals surface area contributed by atoms with Gasteiger partial charge in [0.25, 0.3) is 5.91 Å². The van der Waals surface area contributed by atoms with Gasteiger partial charge in [-0.1, -0.05) is 12.1 Å². The van der Waals surface area contributed by atoms with E-state index in [9.17, 15) is 4.79 Å². The minimum absolute atomic E-state index is 0.00619. The smallest absolute Gasteiger partial charge is 0.254 e. The van der Waals surface area contributed by atoms with Crippen molar-refractivity contribution in [1.82, 2.24) is 9.80 Å². The lowest BCUT2D eigenvalue weighted by atomic mass is 10.0. The molecule has 3 aliphatic heterocycles. The lowest BCUT2D eigenvalue weighted by molar-refractivity contribution is 0.0306. The molecule has 6 heteroatoms. The minimum atomic E-state index is -0.00619. The fourth-order valence-corrected chi connectivity index (χ4v) is 4.60. The third kappa shape index (κ3) is 3.43. The summed E-state index contributed by atoms with van der Waals surface area (Å²) in [5, 5.41) is 9.12. The molecule has 3 aliphatic rings. The Hall–Kier alpha value is -3.04. The van der Waals surface area contributed by atoms with Crippen LogP contribution in [0.3, 0.4) is 0 Å². The van der Waals surface area contributed by atoms with Gasteiger partial charge in [0.2, 0.25) is 0 Å². The maximum atomic E-state index is 12.9. The summed E-state index contributed by atoms with van der Waals surface area (Å²) in [6.45, 7) is 3.78. The highest BCUT2D eigenvalue weighted by atomic mass is 16.6. The molecule has 1 amide bonds. The van der Waals surface area contributed by atoms with Crippen LogP contribution in [-0.4, -0.2) is 54.1 Å². The van der Waals surface area contributed by atoms with Gasteiger partial charge in [-0.25, -0.2) is 0 Å². The van der Waals surface area contributed by atoms with E-state index in [0.717, 1.165) is 55.1 Å². The number of hydrogen-bond acceptors (Lipinski definition) is 5. The second-order valence-electron chi connectivity index (χ2n) is 7.97. The lowest BCUT2D eigenvalue weighted by Gasteiger charge is -2.39. The number of nitriles is 1. The lowest BCUT2D eigenvalue weighted by Crippen LogP contribution is -2.51. The quantitative estimate of drug-likeness (QED) is 0.808. The topological polar surface area (TPSA) is 65.8 Å². The molecule has 0 radical (unpaired) electrons. The van der Waals surface area contributed by atoms with Crippen LogP contribution in [0.2, 0.25) is 0 Å². The predicted molar refractivity (Wildman–Crippen MR) is 107 cm³/mol. The number of fused-ring (bicyclic) bond motifs is 2. The van der Waals surface area contributed by atoms with Crippen molar-refractivity contribution in [2.45, 2.75) is 31.5 Å². The molecule has 0 aliphatic carbocycles. The highest BCUT2D eigenvalue weighted by Gasteiger charge is 2.36. The standard InChI is InChI=1S/C23H23N3O3/c24-11-16-7-8-20-17(10-16)12-26(23(20)27)18-4-3-9-25(13-18)14-19-15-28-21-5-1-2-6-22(21)29-19/h1-2,5-8,10,18-19H,3-4,9,12-15H2/t18-,19-/m0/s1. The Morgan fingerprint density at radius 3 is 2.90 bits per heavy atom. The van der Waals surface area contributed by atoms with Crippen molar-refractivity contribution in [3.63, 3.8) is 0 Å². The molecule has 2 aromatic rings. The monoisotopic (exact) mass is 389 g/mol. The minimum Gasteiger partial charge on any atom is -0.486 e. The number of para-hydroxylation sites is 2. The van der Waals surface area contributed by atoms with Crippen molar-refractivity contribution in [3.8, 4) is 17.6 Å². The molecule has 0 bridgehead atoms. The first-order valence-corrected chi connectivity index (χ1v) is 10.2. The van der Waals surface area contributed by atoms with Crippen LogP contribution in [0.15, 0.2) is 42.5 Å². The molecule has 0 aromatic heterocycles. The molecule has 5 rings (SSSR count). The van der Waals surface area contributed by atoms with E-state index in [-0.39, 0.29) is 18.1 Å². The molecular weight excluding hydrogens is 366 g/mol. The number of ether oxygens (including phenoxy) is 2. The zero-order chi connectivity index (χ0) is 19.8. The molecule has 2 atom stereocenters. The maximum Gasteiger partial charge on any atom is 0.254 e. The number of carbonyl (C=O) groups excluding carboxylic acids is 1. The van der Waals surface area contributed by atoms with Crippen LogP contribution in [0.1, 0.15) is 34.3 Å². The van der Waals surface area contributed by atoms with Crippen LogP contribution in [0.4, 0.5) is 0 Å². The van der Waals surface area contributed by atoms with Crippen molar-refractivity contribution in [1.29, 1.82) is 5.26 Å². The summed E-state index contributed by atoms with van der Waals surface area (Å²) in [5.41, 5.74) is 2.31. The molecule has 1 fully saturated rings. The Morgan fingerprint density at radius 2 is 2.03 bits per heavy atom. The van der Waals surface area contributed by atoms with Crippen molar-refractivity contribution in [2.24, 2.45) is 0 Å². The average molecular weight is 389 g/mol. The Kier molecular flexibility index (Phi) is 4.61. The van der Waals surface area contributed by atoms with Gasteiger partial charge in [0.15, 0.2) is 11.5 Å². The number of benzene rings is 2. The molecule has 3 heterocycles. The van der Waals surface area contributed by atoms with Crippen molar-refractivity contribution in [2.75, 3.05) is 26.2 Å². The number of amides is 1. The van der Waals surface area contributed by atoms with E-state index in [1.165, 1.54) is 0 Å². The third-order valence-corrected chi connectivity index (χ3v) is 6.02. The van der Waals surface area contributed by atoms with E-state index in [2.05, 4.69) is 11.0 Å². The van der Waals surface area contributed by atoms with Crippen molar-refractivity contribution in [3.05, 3.63) is 59.2 Å². The van der Waals surface area contributed by atoms with Gasteiger partial charge < -0.3 is 14.4 Å². The van der Waals surface area contributed by atoms with Crippen molar-refractivity contribution < 1.29 is 14.3 Å². The number of likely N-dealkylation sites (tertiary alicyclic amines) is 1. The summed E-state index contributed by atoms with van der Waals surface area (Å²) >= 11 is 0. The summed E-state index contributed by atoms with van der Waals surface area (Å²) in [6.07, 6.45) is 2.05. The molecule has 29 heavy (non-hydrogen) atoms. The van der Waals surface area contributed by atoms with Gasteiger partial charge >= 0.3 is 0 Å².